The Morgan fingerprint density at radius 3 is 1.91 bits per heavy atom. The Kier molecular flexibility index (Phi) is 6.26. The van der Waals surface area contributed by atoms with E-state index in [2.05, 4.69) is 58.7 Å². The van der Waals surface area contributed by atoms with Crippen molar-refractivity contribution in [1.29, 1.82) is 0 Å². The minimum atomic E-state index is -4.34. The fourth-order valence-electron chi connectivity index (χ4n) is 5.87. The highest BCUT2D eigenvalue weighted by atomic mass is 19.4. The van der Waals surface area contributed by atoms with E-state index in [9.17, 15) is 13.2 Å². The Labute approximate surface area is 193 Å². The van der Waals surface area contributed by atoms with Crippen LogP contribution in [0.2, 0.25) is 0 Å². The quantitative estimate of drug-likeness (QED) is 0.489. The van der Waals surface area contributed by atoms with E-state index in [0.29, 0.717) is 11.5 Å². The van der Waals surface area contributed by atoms with Crippen LogP contribution in [0, 0.1) is 5.92 Å². The van der Waals surface area contributed by atoms with E-state index in [4.69, 9.17) is 0 Å². The molecule has 3 heterocycles. The van der Waals surface area contributed by atoms with Gasteiger partial charge in [-0.1, -0.05) is 78.9 Å². The monoisotopic (exact) mass is 450 g/mol. The number of rotatable bonds is 6. The maximum Gasteiger partial charge on any atom is 0.416 e. The third kappa shape index (κ3) is 4.57. The van der Waals surface area contributed by atoms with E-state index >= 15 is 0 Å². The molecule has 3 aliphatic rings. The third-order valence-corrected chi connectivity index (χ3v) is 7.38. The van der Waals surface area contributed by atoms with Crippen molar-refractivity contribution in [3.8, 4) is 0 Å². The Hall–Kier alpha value is -2.63. The highest BCUT2D eigenvalue weighted by Crippen LogP contribution is 2.42. The van der Waals surface area contributed by atoms with E-state index in [1.807, 2.05) is 12.1 Å². The van der Waals surface area contributed by atoms with Gasteiger partial charge in [-0.2, -0.15) is 13.2 Å². The van der Waals surface area contributed by atoms with E-state index in [1.165, 1.54) is 23.3 Å². The van der Waals surface area contributed by atoms with Gasteiger partial charge >= 0.3 is 6.18 Å². The molecule has 0 unspecified atom stereocenters. The first-order valence-electron chi connectivity index (χ1n) is 11.7. The van der Waals surface area contributed by atoms with Gasteiger partial charge in [0.1, 0.15) is 0 Å². The zero-order chi connectivity index (χ0) is 22.8. The number of nitrogens with one attached hydrogen (secondary N) is 1. The maximum atomic E-state index is 13.6. The summed E-state index contributed by atoms with van der Waals surface area (Å²) in [5.41, 5.74) is 2.28. The van der Waals surface area contributed by atoms with Gasteiger partial charge in [0.2, 0.25) is 0 Å². The predicted molar refractivity (Wildman–Crippen MR) is 125 cm³/mol. The van der Waals surface area contributed by atoms with Crippen LogP contribution in [0.15, 0.2) is 84.9 Å². The van der Waals surface area contributed by atoms with Gasteiger partial charge in [0.15, 0.2) is 0 Å². The highest BCUT2D eigenvalue weighted by Gasteiger charge is 2.46. The van der Waals surface area contributed by atoms with Gasteiger partial charge in [-0.15, -0.1) is 0 Å². The molecule has 3 fully saturated rings. The van der Waals surface area contributed by atoms with Gasteiger partial charge < -0.3 is 5.32 Å². The topological polar surface area (TPSA) is 15.3 Å². The Bertz CT molecular complexity index is 1000. The van der Waals surface area contributed by atoms with Crippen LogP contribution in [-0.4, -0.2) is 30.1 Å². The predicted octanol–water partition coefficient (Wildman–Crippen LogP) is 6.09. The van der Waals surface area contributed by atoms with Crippen molar-refractivity contribution in [1.82, 2.24) is 10.2 Å². The molecule has 172 valence electrons. The average molecular weight is 451 g/mol. The van der Waals surface area contributed by atoms with Crippen molar-refractivity contribution in [2.24, 2.45) is 5.92 Å². The minimum Gasteiger partial charge on any atom is -0.308 e. The van der Waals surface area contributed by atoms with Gasteiger partial charge in [-0.05, 0) is 54.6 Å². The molecule has 2 atom stereocenters. The molecular formula is C28H29F3N2. The number of alkyl halides is 3. The summed E-state index contributed by atoms with van der Waals surface area (Å²) < 4.78 is 40.7. The molecular weight excluding hydrogens is 421 g/mol. The van der Waals surface area contributed by atoms with Crippen LogP contribution in [0.25, 0.3) is 0 Å². The molecule has 3 aromatic carbocycles. The fraction of sp³-hybridized carbons (Fsp3) is 0.357. The molecule has 0 spiro atoms. The number of nitrogens with zero attached hydrogens (tertiary/aromatic N) is 1. The lowest BCUT2D eigenvalue weighted by Crippen LogP contribution is -2.64. The van der Waals surface area contributed by atoms with Crippen molar-refractivity contribution in [3.05, 3.63) is 107 Å². The second-order valence-corrected chi connectivity index (χ2v) is 9.22. The molecule has 0 amide bonds. The summed E-state index contributed by atoms with van der Waals surface area (Å²) in [6.07, 6.45) is -2.17. The van der Waals surface area contributed by atoms with Gasteiger partial charge in [-0.25, -0.2) is 0 Å². The van der Waals surface area contributed by atoms with Crippen LogP contribution in [0.3, 0.4) is 0 Å². The highest BCUT2D eigenvalue weighted by molar-refractivity contribution is 5.36. The molecule has 3 aromatic rings. The number of piperidine rings is 3. The smallest absolute Gasteiger partial charge is 0.308 e. The zero-order valence-corrected chi connectivity index (χ0v) is 18.5. The maximum absolute atomic E-state index is 13.6. The lowest BCUT2D eigenvalue weighted by Gasteiger charge is -2.54. The lowest BCUT2D eigenvalue weighted by atomic mass is 9.70. The Balaban J connectivity index is 1.49. The lowest BCUT2D eigenvalue weighted by molar-refractivity contribution is -0.138. The first-order valence-corrected chi connectivity index (χ1v) is 11.7. The molecule has 1 N–H and O–H groups in total. The van der Waals surface area contributed by atoms with Crippen LogP contribution in [0.4, 0.5) is 13.2 Å². The van der Waals surface area contributed by atoms with Crippen LogP contribution in [-0.2, 0) is 12.7 Å². The molecule has 2 nitrogen and oxygen atoms in total. The molecule has 0 radical (unpaired) electrons. The third-order valence-electron chi connectivity index (χ3n) is 7.38. The number of fused-ring (bicyclic) bond motifs is 3. The first-order chi connectivity index (χ1) is 16.0. The van der Waals surface area contributed by atoms with Crippen molar-refractivity contribution in [2.75, 3.05) is 13.1 Å². The van der Waals surface area contributed by atoms with Gasteiger partial charge in [0.05, 0.1) is 5.56 Å². The SMILES string of the molecule is FC(F)(F)c1ccccc1CN[C@@H]1C2CCN(CC2)[C@H]1C(c1ccccc1)c1ccccc1. The van der Waals surface area contributed by atoms with Crippen molar-refractivity contribution in [2.45, 2.75) is 43.6 Å². The Morgan fingerprint density at radius 2 is 1.33 bits per heavy atom. The molecule has 33 heavy (non-hydrogen) atoms. The van der Waals surface area contributed by atoms with Crippen LogP contribution >= 0.6 is 0 Å². The second kappa shape index (κ2) is 9.32. The molecule has 0 aromatic heterocycles. The van der Waals surface area contributed by atoms with Crippen LogP contribution in [0.1, 0.15) is 41.0 Å². The number of benzene rings is 3. The molecule has 2 bridgehead atoms. The summed E-state index contributed by atoms with van der Waals surface area (Å²) in [5.74, 6) is 0.624. The summed E-state index contributed by atoms with van der Waals surface area (Å²) >= 11 is 0. The normalized spacial score (nSPS) is 24.8. The molecule has 3 aliphatic heterocycles. The van der Waals surface area contributed by atoms with Crippen LogP contribution in [0.5, 0.6) is 0 Å². The van der Waals surface area contributed by atoms with Crippen molar-refractivity contribution < 1.29 is 13.2 Å². The molecule has 0 aliphatic carbocycles. The minimum absolute atomic E-state index is 0.124. The first kappa shape index (κ1) is 22.2. The van der Waals surface area contributed by atoms with E-state index in [0.717, 1.165) is 25.9 Å². The van der Waals surface area contributed by atoms with Gasteiger partial charge in [-0.3, -0.25) is 4.90 Å². The number of hydrogen-bond donors (Lipinski definition) is 1. The summed E-state index contributed by atoms with van der Waals surface area (Å²) in [6.45, 7) is 2.31. The molecule has 3 saturated heterocycles. The standard InChI is InChI=1S/C28H29F3N2/c29-28(30,31)24-14-8-7-13-23(24)19-32-26-22-15-17-33(18-16-22)27(26)25(20-9-3-1-4-10-20)21-11-5-2-6-12-21/h1-14,22,25-27,32H,15-19H2/t26-,27+/m1/s1. The fourth-order valence-corrected chi connectivity index (χ4v) is 5.87. The van der Waals surface area contributed by atoms with E-state index < -0.39 is 11.7 Å². The molecule has 0 saturated carbocycles. The largest absolute Gasteiger partial charge is 0.416 e. The zero-order valence-electron chi connectivity index (χ0n) is 18.5. The molecule has 5 heteroatoms. The van der Waals surface area contributed by atoms with Crippen molar-refractivity contribution in [3.63, 3.8) is 0 Å². The van der Waals surface area contributed by atoms with Crippen LogP contribution < -0.4 is 5.32 Å². The summed E-state index contributed by atoms with van der Waals surface area (Å²) in [4.78, 5) is 2.55. The second-order valence-electron chi connectivity index (χ2n) is 9.22. The number of halogens is 3. The number of hydrogen-bond acceptors (Lipinski definition) is 2. The summed E-state index contributed by atoms with van der Waals surface area (Å²) in [6, 6.07) is 27.3. The van der Waals surface area contributed by atoms with E-state index in [1.54, 1.807) is 12.1 Å². The van der Waals surface area contributed by atoms with Gasteiger partial charge in [0, 0.05) is 24.5 Å². The Morgan fingerprint density at radius 1 is 0.788 bits per heavy atom. The summed E-state index contributed by atoms with van der Waals surface area (Å²) in [7, 11) is 0. The average Bonchev–Trinajstić information content (AvgIpc) is 2.85. The summed E-state index contributed by atoms with van der Waals surface area (Å²) in [5, 5.41) is 3.61. The van der Waals surface area contributed by atoms with E-state index in [-0.39, 0.29) is 24.5 Å². The van der Waals surface area contributed by atoms with Gasteiger partial charge in [0.25, 0.3) is 0 Å². The molecule has 6 rings (SSSR count). The van der Waals surface area contributed by atoms with Crippen molar-refractivity contribution >= 4 is 0 Å².